The summed E-state index contributed by atoms with van der Waals surface area (Å²) in [4.78, 5) is 8.26. The molecule has 5 heteroatoms. The smallest absolute Gasteiger partial charge is 0.123 e. The van der Waals surface area contributed by atoms with Gasteiger partial charge in [-0.05, 0) is 23.8 Å². The van der Waals surface area contributed by atoms with Crippen molar-refractivity contribution < 1.29 is 0 Å². The largest absolute Gasteiger partial charge is 0.384 e. The molecule has 2 aromatic heterocycles. The van der Waals surface area contributed by atoms with Crippen LogP contribution in [0.4, 0.5) is 5.82 Å². The number of halogens is 1. The first-order valence-electron chi connectivity index (χ1n) is 6.19. The first-order chi connectivity index (χ1) is 9.74. The minimum Gasteiger partial charge on any atom is -0.384 e. The van der Waals surface area contributed by atoms with Crippen molar-refractivity contribution in [3.05, 3.63) is 65.2 Å². The molecule has 0 atom stereocenters. The van der Waals surface area contributed by atoms with E-state index in [0.29, 0.717) is 5.82 Å². The van der Waals surface area contributed by atoms with E-state index in [9.17, 15) is 0 Å². The molecule has 100 valence electrons. The van der Waals surface area contributed by atoms with Crippen molar-refractivity contribution in [1.82, 2.24) is 14.5 Å². The molecule has 0 bridgehead atoms. The second-order valence-corrected chi connectivity index (χ2v) is 5.32. The van der Waals surface area contributed by atoms with E-state index in [4.69, 9.17) is 5.73 Å². The third-order valence-electron chi connectivity index (χ3n) is 3.09. The summed E-state index contributed by atoms with van der Waals surface area (Å²) in [5, 5.41) is 0. The van der Waals surface area contributed by atoms with E-state index < -0.39 is 0 Å². The van der Waals surface area contributed by atoms with Crippen molar-refractivity contribution in [2.45, 2.75) is 6.54 Å². The number of nitrogens with zero attached hydrogens (tertiary/aromatic N) is 3. The van der Waals surface area contributed by atoms with Gasteiger partial charge in [-0.25, -0.2) is 9.97 Å². The number of benzene rings is 1. The van der Waals surface area contributed by atoms with E-state index >= 15 is 0 Å². The van der Waals surface area contributed by atoms with Crippen molar-refractivity contribution >= 4 is 21.7 Å². The van der Waals surface area contributed by atoms with Crippen molar-refractivity contribution in [3.8, 4) is 11.3 Å². The third kappa shape index (κ3) is 2.58. The van der Waals surface area contributed by atoms with Gasteiger partial charge in [0.25, 0.3) is 0 Å². The molecule has 2 heterocycles. The molecule has 0 fully saturated rings. The van der Waals surface area contributed by atoms with Crippen molar-refractivity contribution in [3.63, 3.8) is 0 Å². The molecule has 0 aliphatic rings. The minimum atomic E-state index is 0.510. The number of aromatic nitrogens is 3. The second-order valence-electron chi connectivity index (χ2n) is 4.47. The van der Waals surface area contributed by atoms with Crippen LogP contribution in [-0.4, -0.2) is 14.5 Å². The molecule has 1 aromatic carbocycles. The van der Waals surface area contributed by atoms with Crippen LogP contribution < -0.4 is 5.73 Å². The lowest BCUT2D eigenvalue weighted by atomic mass is 10.2. The van der Waals surface area contributed by atoms with Gasteiger partial charge in [0.15, 0.2) is 0 Å². The Morgan fingerprint density at radius 1 is 1.20 bits per heavy atom. The van der Waals surface area contributed by atoms with Gasteiger partial charge in [0, 0.05) is 16.2 Å². The average Bonchev–Trinajstić information content (AvgIpc) is 2.90. The van der Waals surface area contributed by atoms with E-state index in [1.165, 1.54) is 5.56 Å². The summed E-state index contributed by atoms with van der Waals surface area (Å²) < 4.78 is 3.18. The zero-order chi connectivity index (χ0) is 13.9. The standard InChI is InChI=1S/C15H13BrN4/c16-13-4-2-1-3-12(13)9-20-10-18-8-14(20)11-5-6-19-15(17)7-11/h1-8,10H,9H2,(H2,17,19). The number of nitrogen functional groups attached to an aromatic ring is 1. The fourth-order valence-corrected chi connectivity index (χ4v) is 2.52. The predicted molar refractivity (Wildman–Crippen MR) is 83.1 cm³/mol. The van der Waals surface area contributed by atoms with Gasteiger partial charge in [0.2, 0.25) is 0 Å². The maximum atomic E-state index is 5.74. The molecule has 0 saturated heterocycles. The summed E-state index contributed by atoms with van der Waals surface area (Å²) in [6.45, 7) is 0.749. The fraction of sp³-hybridized carbons (Fsp3) is 0.0667. The van der Waals surface area contributed by atoms with Crippen LogP contribution >= 0.6 is 15.9 Å². The first-order valence-corrected chi connectivity index (χ1v) is 6.99. The number of anilines is 1. The summed E-state index contributed by atoms with van der Waals surface area (Å²) in [5.74, 6) is 0.510. The van der Waals surface area contributed by atoms with Gasteiger partial charge in [-0.15, -0.1) is 0 Å². The zero-order valence-electron chi connectivity index (χ0n) is 10.7. The quantitative estimate of drug-likeness (QED) is 0.802. The summed E-state index contributed by atoms with van der Waals surface area (Å²) >= 11 is 3.57. The number of hydrogen-bond acceptors (Lipinski definition) is 3. The minimum absolute atomic E-state index is 0.510. The topological polar surface area (TPSA) is 56.7 Å². The number of hydrogen-bond donors (Lipinski definition) is 1. The molecule has 0 amide bonds. The van der Waals surface area contributed by atoms with Crippen LogP contribution in [0.3, 0.4) is 0 Å². The second kappa shape index (κ2) is 5.46. The normalized spacial score (nSPS) is 10.7. The molecule has 4 nitrogen and oxygen atoms in total. The molecular formula is C15H13BrN4. The lowest BCUT2D eigenvalue weighted by Crippen LogP contribution is -2.01. The number of nitrogens with two attached hydrogens (primary N) is 1. The fourth-order valence-electron chi connectivity index (χ4n) is 2.10. The summed E-state index contributed by atoms with van der Waals surface area (Å²) in [7, 11) is 0. The first kappa shape index (κ1) is 12.9. The molecule has 0 aliphatic carbocycles. The summed E-state index contributed by atoms with van der Waals surface area (Å²) in [6, 6.07) is 12.0. The molecule has 3 aromatic rings. The highest BCUT2D eigenvalue weighted by atomic mass is 79.9. The number of pyridine rings is 1. The molecule has 0 radical (unpaired) electrons. The van der Waals surface area contributed by atoms with E-state index in [0.717, 1.165) is 22.3 Å². The Morgan fingerprint density at radius 3 is 2.85 bits per heavy atom. The van der Waals surface area contributed by atoms with Crippen LogP contribution in [0.25, 0.3) is 11.3 Å². The molecule has 2 N–H and O–H groups in total. The monoisotopic (exact) mass is 328 g/mol. The van der Waals surface area contributed by atoms with E-state index in [1.807, 2.05) is 42.9 Å². The predicted octanol–water partition coefficient (Wildman–Crippen LogP) is 3.34. The van der Waals surface area contributed by atoms with Crippen LogP contribution in [0.2, 0.25) is 0 Å². The third-order valence-corrected chi connectivity index (χ3v) is 3.86. The Balaban J connectivity index is 1.97. The molecule has 0 spiro atoms. The highest BCUT2D eigenvalue weighted by Crippen LogP contribution is 2.23. The molecular weight excluding hydrogens is 316 g/mol. The Hall–Kier alpha value is -2.14. The van der Waals surface area contributed by atoms with Crippen molar-refractivity contribution in [1.29, 1.82) is 0 Å². The SMILES string of the molecule is Nc1cc(-c2cncn2Cc2ccccc2Br)ccn1. The van der Waals surface area contributed by atoms with Crippen LogP contribution in [0.15, 0.2) is 59.6 Å². The molecule has 0 saturated carbocycles. The average molecular weight is 329 g/mol. The van der Waals surface area contributed by atoms with Gasteiger partial charge in [-0.3, -0.25) is 0 Å². The Labute approximate surface area is 125 Å². The van der Waals surface area contributed by atoms with Gasteiger partial charge in [0.05, 0.1) is 24.8 Å². The summed E-state index contributed by atoms with van der Waals surface area (Å²) in [6.07, 6.45) is 5.37. The van der Waals surface area contributed by atoms with Crippen LogP contribution in [0, 0.1) is 0 Å². The highest BCUT2D eigenvalue weighted by Gasteiger charge is 2.07. The van der Waals surface area contributed by atoms with E-state index in [-0.39, 0.29) is 0 Å². The van der Waals surface area contributed by atoms with Crippen LogP contribution in [0.5, 0.6) is 0 Å². The van der Waals surface area contributed by atoms with Gasteiger partial charge in [-0.1, -0.05) is 34.1 Å². The lowest BCUT2D eigenvalue weighted by Gasteiger charge is -2.10. The Kier molecular flexibility index (Phi) is 3.52. The van der Waals surface area contributed by atoms with Crippen LogP contribution in [-0.2, 0) is 6.54 Å². The zero-order valence-corrected chi connectivity index (χ0v) is 12.3. The van der Waals surface area contributed by atoms with Crippen molar-refractivity contribution in [2.24, 2.45) is 0 Å². The Morgan fingerprint density at radius 2 is 2.05 bits per heavy atom. The van der Waals surface area contributed by atoms with Crippen molar-refractivity contribution in [2.75, 3.05) is 5.73 Å². The van der Waals surface area contributed by atoms with Gasteiger partial charge in [-0.2, -0.15) is 0 Å². The Bertz CT molecular complexity index is 736. The molecule has 0 unspecified atom stereocenters. The van der Waals surface area contributed by atoms with Gasteiger partial charge >= 0.3 is 0 Å². The number of imidazole rings is 1. The van der Waals surface area contributed by atoms with E-state index in [2.05, 4.69) is 36.5 Å². The van der Waals surface area contributed by atoms with Gasteiger partial charge < -0.3 is 10.3 Å². The highest BCUT2D eigenvalue weighted by molar-refractivity contribution is 9.10. The lowest BCUT2D eigenvalue weighted by molar-refractivity contribution is 0.801. The molecule has 20 heavy (non-hydrogen) atoms. The van der Waals surface area contributed by atoms with E-state index in [1.54, 1.807) is 6.20 Å². The molecule has 3 rings (SSSR count). The number of rotatable bonds is 3. The van der Waals surface area contributed by atoms with Crippen LogP contribution in [0.1, 0.15) is 5.56 Å². The molecule has 0 aliphatic heterocycles. The summed E-state index contributed by atoms with van der Waals surface area (Å²) in [5.41, 5.74) is 8.98. The maximum absolute atomic E-state index is 5.74. The van der Waals surface area contributed by atoms with Gasteiger partial charge in [0.1, 0.15) is 5.82 Å². The maximum Gasteiger partial charge on any atom is 0.123 e.